The van der Waals surface area contributed by atoms with Crippen molar-refractivity contribution in [3.63, 3.8) is 0 Å². The molecule has 2 nitrogen and oxygen atoms in total. The number of nitrogens with zero attached hydrogens (tertiary/aromatic N) is 1. The number of nitrogens with one attached hydrogen (secondary N) is 1. The molecular weight excluding hydrogens is 184 g/mol. The summed E-state index contributed by atoms with van der Waals surface area (Å²) in [6.45, 7) is 4.96. The van der Waals surface area contributed by atoms with Crippen molar-refractivity contribution in [3.05, 3.63) is 0 Å². The zero-order valence-corrected chi connectivity index (χ0v) is 10.3. The molecule has 1 atom stereocenters. The van der Waals surface area contributed by atoms with Crippen molar-refractivity contribution in [2.75, 3.05) is 20.1 Å². The molecule has 1 heterocycles. The Morgan fingerprint density at radius 3 is 2.40 bits per heavy atom. The van der Waals surface area contributed by atoms with Crippen LogP contribution in [0.1, 0.15) is 45.4 Å². The van der Waals surface area contributed by atoms with Crippen molar-refractivity contribution in [1.82, 2.24) is 10.2 Å². The Balaban J connectivity index is 1.76. The lowest BCUT2D eigenvalue weighted by atomic mass is 9.84. The molecule has 1 saturated carbocycles. The van der Waals surface area contributed by atoms with Crippen LogP contribution in [0, 0.1) is 5.92 Å². The van der Waals surface area contributed by atoms with Gasteiger partial charge < -0.3 is 5.32 Å². The smallest absolute Gasteiger partial charge is 0.0204 e. The van der Waals surface area contributed by atoms with Gasteiger partial charge in [-0.1, -0.05) is 13.3 Å². The highest BCUT2D eigenvalue weighted by Gasteiger charge is 2.29. The predicted molar refractivity (Wildman–Crippen MR) is 65.1 cm³/mol. The lowest BCUT2D eigenvalue weighted by Crippen LogP contribution is -2.38. The van der Waals surface area contributed by atoms with Gasteiger partial charge in [0.15, 0.2) is 0 Å². The molecule has 2 rings (SSSR count). The van der Waals surface area contributed by atoms with Gasteiger partial charge in [0.25, 0.3) is 0 Å². The van der Waals surface area contributed by atoms with Crippen LogP contribution in [-0.4, -0.2) is 37.1 Å². The molecule has 15 heavy (non-hydrogen) atoms. The van der Waals surface area contributed by atoms with Crippen LogP contribution in [-0.2, 0) is 0 Å². The van der Waals surface area contributed by atoms with Crippen LogP contribution in [0.5, 0.6) is 0 Å². The van der Waals surface area contributed by atoms with Crippen molar-refractivity contribution in [2.24, 2.45) is 5.92 Å². The van der Waals surface area contributed by atoms with Crippen molar-refractivity contribution >= 4 is 0 Å². The molecular formula is C13H26N2. The van der Waals surface area contributed by atoms with Gasteiger partial charge in [-0.3, -0.25) is 4.90 Å². The van der Waals surface area contributed by atoms with E-state index in [1.54, 1.807) is 0 Å². The first-order chi connectivity index (χ1) is 7.33. The lowest BCUT2D eigenvalue weighted by Gasteiger charge is -2.34. The molecule has 0 radical (unpaired) electrons. The molecule has 2 heteroatoms. The fraction of sp³-hybridized carbons (Fsp3) is 1.00. The summed E-state index contributed by atoms with van der Waals surface area (Å²) in [4.78, 5) is 2.73. The highest BCUT2D eigenvalue weighted by atomic mass is 15.2. The van der Waals surface area contributed by atoms with E-state index in [2.05, 4.69) is 24.2 Å². The van der Waals surface area contributed by atoms with Crippen LogP contribution in [0.3, 0.4) is 0 Å². The maximum atomic E-state index is 3.41. The van der Waals surface area contributed by atoms with Gasteiger partial charge in [0.05, 0.1) is 0 Å². The van der Waals surface area contributed by atoms with E-state index in [1.165, 1.54) is 51.6 Å². The number of hydrogen-bond acceptors (Lipinski definition) is 2. The summed E-state index contributed by atoms with van der Waals surface area (Å²) < 4.78 is 0. The van der Waals surface area contributed by atoms with E-state index < -0.39 is 0 Å². The molecule has 2 aliphatic rings. The molecule has 0 spiro atoms. The van der Waals surface area contributed by atoms with Crippen LogP contribution in [0.25, 0.3) is 0 Å². The third kappa shape index (κ3) is 2.73. The Morgan fingerprint density at radius 1 is 1.13 bits per heavy atom. The Bertz CT molecular complexity index is 185. The SMILES string of the molecule is CCC1CCC(N2CCC(NC)C2)CC1. The summed E-state index contributed by atoms with van der Waals surface area (Å²) in [5.41, 5.74) is 0. The summed E-state index contributed by atoms with van der Waals surface area (Å²) in [6.07, 6.45) is 8.60. The second-order valence-corrected chi connectivity index (χ2v) is 5.35. The van der Waals surface area contributed by atoms with E-state index in [4.69, 9.17) is 0 Å². The molecule has 1 aliphatic carbocycles. The van der Waals surface area contributed by atoms with E-state index in [9.17, 15) is 0 Å². The normalized spacial score (nSPS) is 38.4. The summed E-state index contributed by atoms with van der Waals surface area (Å²) in [7, 11) is 2.10. The Hall–Kier alpha value is -0.0800. The van der Waals surface area contributed by atoms with Gasteiger partial charge in [0, 0.05) is 25.2 Å². The molecule has 0 aromatic carbocycles. The summed E-state index contributed by atoms with van der Waals surface area (Å²) in [6, 6.07) is 1.67. The molecule has 88 valence electrons. The van der Waals surface area contributed by atoms with Crippen molar-refractivity contribution in [3.8, 4) is 0 Å². The van der Waals surface area contributed by atoms with E-state index >= 15 is 0 Å². The van der Waals surface area contributed by atoms with Gasteiger partial charge in [-0.05, 0) is 45.1 Å². The van der Waals surface area contributed by atoms with Gasteiger partial charge in [-0.2, -0.15) is 0 Å². The zero-order chi connectivity index (χ0) is 10.7. The first-order valence-electron chi connectivity index (χ1n) is 6.74. The quantitative estimate of drug-likeness (QED) is 0.768. The minimum Gasteiger partial charge on any atom is -0.316 e. The van der Waals surface area contributed by atoms with E-state index in [1.807, 2.05) is 0 Å². The van der Waals surface area contributed by atoms with Crippen LogP contribution >= 0.6 is 0 Å². The average molecular weight is 210 g/mol. The first kappa shape index (κ1) is 11.4. The van der Waals surface area contributed by atoms with Crippen molar-refractivity contribution < 1.29 is 0 Å². The fourth-order valence-electron chi connectivity index (χ4n) is 3.27. The molecule has 1 N–H and O–H groups in total. The van der Waals surface area contributed by atoms with Crippen molar-refractivity contribution in [2.45, 2.75) is 57.5 Å². The van der Waals surface area contributed by atoms with Crippen LogP contribution < -0.4 is 5.32 Å². The highest BCUT2D eigenvalue weighted by molar-refractivity contribution is 4.87. The minimum atomic E-state index is 0.758. The fourth-order valence-corrected chi connectivity index (χ4v) is 3.27. The van der Waals surface area contributed by atoms with E-state index in [0.29, 0.717) is 0 Å². The second kappa shape index (κ2) is 5.31. The lowest BCUT2D eigenvalue weighted by molar-refractivity contribution is 0.160. The molecule has 0 aromatic heterocycles. The molecule has 0 amide bonds. The maximum absolute atomic E-state index is 3.41. The van der Waals surface area contributed by atoms with Crippen molar-refractivity contribution in [1.29, 1.82) is 0 Å². The predicted octanol–water partition coefficient (Wildman–Crippen LogP) is 2.25. The number of likely N-dealkylation sites (tertiary alicyclic amines) is 1. The molecule has 0 bridgehead atoms. The maximum Gasteiger partial charge on any atom is 0.0204 e. The monoisotopic (exact) mass is 210 g/mol. The standard InChI is InChI=1S/C13H26N2/c1-3-11-4-6-13(7-5-11)15-9-8-12(10-15)14-2/h11-14H,3-10H2,1-2H3. The van der Waals surface area contributed by atoms with E-state index in [0.717, 1.165) is 18.0 Å². The Kier molecular flexibility index (Phi) is 4.04. The van der Waals surface area contributed by atoms with E-state index in [-0.39, 0.29) is 0 Å². The van der Waals surface area contributed by atoms with Gasteiger partial charge in [-0.15, -0.1) is 0 Å². The molecule has 0 aromatic rings. The van der Waals surface area contributed by atoms with Crippen LogP contribution in [0.4, 0.5) is 0 Å². The van der Waals surface area contributed by atoms with Crippen LogP contribution in [0.2, 0.25) is 0 Å². The largest absolute Gasteiger partial charge is 0.316 e. The highest BCUT2D eigenvalue weighted by Crippen LogP contribution is 2.30. The third-order valence-electron chi connectivity index (χ3n) is 4.54. The average Bonchev–Trinajstić information content (AvgIpc) is 2.78. The van der Waals surface area contributed by atoms with Gasteiger partial charge in [0.1, 0.15) is 0 Å². The number of likely N-dealkylation sites (N-methyl/N-ethyl adjacent to an activating group) is 1. The van der Waals surface area contributed by atoms with Gasteiger partial charge in [-0.25, -0.2) is 0 Å². The summed E-state index contributed by atoms with van der Waals surface area (Å²) >= 11 is 0. The van der Waals surface area contributed by atoms with Gasteiger partial charge in [0.2, 0.25) is 0 Å². The molecule has 2 fully saturated rings. The first-order valence-corrected chi connectivity index (χ1v) is 6.74. The zero-order valence-electron chi connectivity index (χ0n) is 10.3. The summed E-state index contributed by atoms with van der Waals surface area (Å²) in [5.74, 6) is 1.03. The minimum absolute atomic E-state index is 0.758. The topological polar surface area (TPSA) is 15.3 Å². The third-order valence-corrected chi connectivity index (χ3v) is 4.54. The molecule has 1 aliphatic heterocycles. The second-order valence-electron chi connectivity index (χ2n) is 5.35. The molecule has 1 saturated heterocycles. The Labute approximate surface area is 94.4 Å². The van der Waals surface area contributed by atoms with Crippen LogP contribution in [0.15, 0.2) is 0 Å². The Morgan fingerprint density at radius 2 is 1.87 bits per heavy atom. The molecule has 1 unspecified atom stereocenters. The summed E-state index contributed by atoms with van der Waals surface area (Å²) in [5, 5.41) is 3.41. The number of rotatable bonds is 3. The number of hydrogen-bond donors (Lipinski definition) is 1. The van der Waals surface area contributed by atoms with Gasteiger partial charge >= 0.3 is 0 Å².